The van der Waals surface area contributed by atoms with E-state index in [-0.39, 0.29) is 18.5 Å². The predicted octanol–water partition coefficient (Wildman–Crippen LogP) is 3.88. The van der Waals surface area contributed by atoms with Crippen molar-refractivity contribution < 1.29 is 22.7 Å². The van der Waals surface area contributed by atoms with Gasteiger partial charge in [-0.15, -0.1) is 0 Å². The molecule has 2 amide bonds. The van der Waals surface area contributed by atoms with Crippen molar-refractivity contribution in [2.24, 2.45) is 0 Å². The van der Waals surface area contributed by atoms with Crippen molar-refractivity contribution >= 4 is 27.5 Å². The Balaban J connectivity index is 2.43. The molecule has 198 valence electrons. The minimum absolute atomic E-state index is 0.0432. The Morgan fingerprint density at radius 3 is 2.17 bits per heavy atom. The number of nitrogens with one attached hydrogen (secondary N) is 1. The van der Waals surface area contributed by atoms with Gasteiger partial charge in [0.25, 0.3) is 0 Å². The molecule has 0 fully saturated rings. The zero-order chi connectivity index (χ0) is 26.9. The number of carbonyl (C=O) groups excluding carboxylic acids is 2. The van der Waals surface area contributed by atoms with Crippen LogP contribution >= 0.6 is 0 Å². The van der Waals surface area contributed by atoms with Gasteiger partial charge in [0.1, 0.15) is 18.3 Å². The lowest BCUT2D eigenvalue weighted by molar-refractivity contribution is -0.140. The molecule has 2 atom stereocenters. The summed E-state index contributed by atoms with van der Waals surface area (Å²) in [7, 11) is -3.78. The van der Waals surface area contributed by atoms with Crippen LogP contribution in [0, 0.1) is 6.92 Å². The van der Waals surface area contributed by atoms with E-state index in [1.807, 2.05) is 58.9 Å². The van der Waals surface area contributed by atoms with Crippen LogP contribution in [0.4, 0.5) is 5.69 Å². The molecule has 2 rings (SSSR count). The van der Waals surface area contributed by atoms with E-state index >= 15 is 0 Å². The molecule has 0 aliphatic carbocycles. The van der Waals surface area contributed by atoms with Crippen LogP contribution in [0.15, 0.2) is 48.5 Å². The maximum atomic E-state index is 13.7. The average Bonchev–Trinajstić information content (AvgIpc) is 2.83. The van der Waals surface area contributed by atoms with Gasteiger partial charge in [-0.2, -0.15) is 0 Å². The van der Waals surface area contributed by atoms with Gasteiger partial charge in [0.2, 0.25) is 21.8 Å². The van der Waals surface area contributed by atoms with Crippen molar-refractivity contribution in [3.05, 3.63) is 59.7 Å². The lowest BCUT2D eigenvalue weighted by Crippen LogP contribution is -2.53. The number of ether oxygens (including phenoxy) is 1. The third-order valence-corrected chi connectivity index (χ3v) is 7.24. The van der Waals surface area contributed by atoms with Crippen molar-refractivity contribution in [2.45, 2.75) is 66.1 Å². The van der Waals surface area contributed by atoms with Gasteiger partial charge >= 0.3 is 0 Å². The van der Waals surface area contributed by atoms with Crippen LogP contribution in [-0.4, -0.2) is 56.6 Å². The maximum absolute atomic E-state index is 13.7. The number of hydrogen-bond donors (Lipinski definition) is 1. The van der Waals surface area contributed by atoms with Gasteiger partial charge in [-0.05, 0) is 69.0 Å². The molecule has 0 radical (unpaired) electrons. The third kappa shape index (κ3) is 7.98. The van der Waals surface area contributed by atoms with E-state index in [1.165, 1.54) is 4.90 Å². The number of rotatable bonds is 13. The lowest BCUT2D eigenvalue weighted by Gasteiger charge is -2.33. The summed E-state index contributed by atoms with van der Waals surface area (Å²) in [4.78, 5) is 28.4. The summed E-state index contributed by atoms with van der Waals surface area (Å²) in [6.07, 6.45) is 2.21. The molecule has 2 unspecified atom stereocenters. The van der Waals surface area contributed by atoms with Crippen LogP contribution in [0.5, 0.6) is 5.75 Å². The Bertz CT molecular complexity index is 1120. The molecule has 1 N–H and O–H groups in total. The predicted molar refractivity (Wildman–Crippen MR) is 144 cm³/mol. The van der Waals surface area contributed by atoms with Crippen LogP contribution in [0.2, 0.25) is 0 Å². The third-order valence-electron chi connectivity index (χ3n) is 6.10. The fraction of sp³-hybridized carbons (Fsp3) is 0.481. The molecule has 0 aliphatic heterocycles. The van der Waals surface area contributed by atoms with Crippen molar-refractivity contribution in [1.82, 2.24) is 10.2 Å². The summed E-state index contributed by atoms with van der Waals surface area (Å²) in [5, 5.41) is 2.97. The summed E-state index contributed by atoms with van der Waals surface area (Å²) in [5.41, 5.74) is 2.23. The summed E-state index contributed by atoms with van der Waals surface area (Å²) in [5.74, 6) is -0.0977. The minimum atomic E-state index is -3.78. The Morgan fingerprint density at radius 1 is 1.00 bits per heavy atom. The maximum Gasteiger partial charge on any atom is 0.244 e. The summed E-state index contributed by atoms with van der Waals surface area (Å²) in [6.45, 7) is 9.79. The zero-order valence-corrected chi connectivity index (χ0v) is 23.0. The molecule has 2 aromatic carbocycles. The van der Waals surface area contributed by atoms with Crippen molar-refractivity contribution in [2.75, 3.05) is 23.7 Å². The van der Waals surface area contributed by atoms with Crippen LogP contribution < -0.4 is 14.4 Å². The van der Waals surface area contributed by atoms with E-state index in [0.29, 0.717) is 24.5 Å². The van der Waals surface area contributed by atoms with Crippen LogP contribution in [-0.2, 0) is 26.2 Å². The Hall–Kier alpha value is -3.07. The summed E-state index contributed by atoms with van der Waals surface area (Å²) >= 11 is 0. The number of anilines is 1. The molecule has 8 nitrogen and oxygen atoms in total. The van der Waals surface area contributed by atoms with E-state index in [0.717, 1.165) is 28.1 Å². The number of hydrogen-bond acceptors (Lipinski definition) is 5. The van der Waals surface area contributed by atoms with Gasteiger partial charge in [0, 0.05) is 12.6 Å². The van der Waals surface area contributed by atoms with Crippen LogP contribution in [0.25, 0.3) is 0 Å². The second-order valence-electron chi connectivity index (χ2n) is 8.89. The fourth-order valence-electron chi connectivity index (χ4n) is 3.82. The van der Waals surface area contributed by atoms with Gasteiger partial charge in [-0.3, -0.25) is 13.9 Å². The van der Waals surface area contributed by atoms with Gasteiger partial charge in [-0.25, -0.2) is 8.42 Å². The highest BCUT2D eigenvalue weighted by atomic mass is 32.2. The van der Waals surface area contributed by atoms with Crippen molar-refractivity contribution in [3.63, 3.8) is 0 Å². The highest BCUT2D eigenvalue weighted by molar-refractivity contribution is 7.92. The second-order valence-corrected chi connectivity index (χ2v) is 10.8. The SMILES string of the molecule is CCOc1ccc(N(CC(=O)N(Cc2ccccc2C)C(CC)C(=O)NC(C)CC)S(C)(=O)=O)cc1. The molecule has 0 spiro atoms. The molecule has 2 aromatic rings. The lowest BCUT2D eigenvalue weighted by atomic mass is 10.1. The summed E-state index contributed by atoms with van der Waals surface area (Å²) in [6, 6.07) is 13.4. The number of nitrogens with zero attached hydrogens (tertiary/aromatic N) is 2. The monoisotopic (exact) mass is 517 g/mol. The number of amides is 2. The van der Waals surface area contributed by atoms with Crippen molar-refractivity contribution in [1.29, 1.82) is 0 Å². The molecular weight excluding hydrogens is 478 g/mol. The number of benzene rings is 2. The highest BCUT2D eigenvalue weighted by Gasteiger charge is 2.32. The molecule has 0 aliphatic rings. The molecule has 0 saturated heterocycles. The molecule has 0 heterocycles. The van der Waals surface area contributed by atoms with E-state index in [4.69, 9.17) is 4.74 Å². The molecule has 0 bridgehead atoms. The first-order chi connectivity index (χ1) is 17.0. The smallest absolute Gasteiger partial charge is 0.244 e. The topological polar surface area (TPSA) is 96.0 Å². The molecular formula is C27H39N3O5S. The van der Waals surface area contributed by atoms with Crippen molar-refractivity contribution in [3.8, 4) is 5.75 Å². The molecule has 9 heteroatoms. The standard InChI is InChI=1S/C27H39N3O5S/c1-7-21(5)28-27(32)25(8-2)29(18-22-13-11-10-12-20(22)4)26(31)19-30(36(6,33)34)23-14-16-24(17-15-23)35-9-3/h10-17,21,25H,7-9,18-19H2,1-6H3,(H,28,32). The van der Waals surface area contributed by atoms with Gasteiger partial charge < -0.3 is 15.0 Å². The van der Waals surface area contributed by atoms with Gasteiger partial charge in [0.05, 0.1) is 18.6 Å². The van der Waals surface area contributed by atoms with Crippen LogP contribution in [0.3, 0.4) is 0 Å². The first-order valence-electron chi connectivity index (χ1n) is 12.4. The minimum Gasteiger partial charge on any atom is -0.494 e. The van der Waals surface area contributed by atoms with E-state index < -0.39 is 28.5 Å². The van der Waals surface area contributed by atoms with E-state index in [9.17, 15) is 18.0 Å². The largest absolute Gasteiger partial charge is 0.494 e. The normalized spacial score (nSPS) is 12.9. The number of aryl methyl sites for hydroxylation is 1. The molecule has 36 heavy (non-hydrogen) atoms. The number of sulfonamides is 1. The average molecular weight is 518 g/mol. The molecule has 0 saturated carbocycles. The first-order valence-corrected chi connectivity index (χ1v) is 14.2. The number of carbonyl (C=O) groups is 2. The highest BCUT2D eigenvalue weighted by Crippen LogP contribution is 2.23. The fourth-order valence-corrected chi connectivity index (χ4v) is 4.67. The Kier molecular flexibility index (Phi) is 10.8. The summed E-state index contributed by atoms with van der Waals surface area (Å²) < 4.78 is 31.9. The van der Waals surface area contributed by atoms with Gasteiger partial charge in [0.15, 0.2) is 0 Å². The first kappa shape index (κ1) is 29.2. The quantitative estimate of drug-likeness (QED) is 0.435. The van der Waals surface area contributed by atoms with Gasteiger partial charge in [-0.1, -0.05) is 38.1 Å². The second kappa shape index (κ2) is 13.3. The Labute approximate surface area is 215 Å². The van der Waals surface area contributed by atoms with E-state index in [1.54, 1.807) is 24.3 Å². The van der Waals surface area contributed by atoms with E-state index in [2.05, 4.69) is 5.32 Å². The molecule has 0 aromatic heterocycles. The zero-order valence-electron chi connectivity index (χ0n) is 22.2. The Morgan fingerprint density at radius 2 is 1.64 bits per heavy atom. The van der Waals surface area contributed by atoms with Crippen LogP contribution in [0.1, 0.15) is 51.7 Å².